The van der Waals surface area contributed by atoms with Gasteiger partial charge in [0.25, 0.3) is 0 Å². The molecule has 0 aromatic heterocycles. The van der Waals surface area contributed by atoms with Crippen LogP contribution in [0.4, 0.5) is 0 Å². The van der Waals surface area contributed by atoms with E-state index in [1.807, 2.05) is 27.7 Å². The summed E-state index contributed by atoms with van der Waals surface area (Å²) in [5.41, 5.74) is 0. The second kappa shape index (κ2) is 17.4. The van der Waals surface area contributed by atoms with Gasteiger partial charge in [0.1, 0.15) is 6.23 Å². The van der Waals surface area contributed by atoms with Crippen LogP contribution >= 0.6 is 0 Å². The molecule has 0 saturated heterocycles. The molecule has 0 fully saturated rings. The van der Waals surface area contributed by atoms with Crippen molar-refractivity contribution in [1.29, 1.82) is 0 Å². The Morgan fingerprint density at radius 3 is 2.09 bits per heavy atom. The van der Waals surface area contributed by atoms with Crippen molar-refractivity contribution in [3.63, 3.8) is 0 Å². The summed E-state index contributed by atoms with van der Waals surface area (Å²) in [5, 5.41) is 30.8. The number of aliphatic hydroxyl groups excluding tert-OH is 1. The molecule has 6 N–H and O–H groups in total. The Bertz CT molecular complexity index is 641. The molecule has 4 atom stereocenters. The van der Waals surface area contributed by atoms with Gasteiger partial charge in [-0.1, -0.05) is 48.0 Å². The lowest BCUT2D eigenvalue weighted by molar-refractivity contribution is -0.138. The minimum Gasteiger partial charge on any atom is -0.481 e. The number of carbonyl (C=O) groups excluding carboxylic acids is 3. The molecule has 2 amide bonds. The second-order valence-electron chi connectivity index (χ2n) is 9.48. The van der Waals surface area contributed by atoms with Crippen molar-refractivity contribution < 1.29 is 29.4 Å². The monoisotopic (exact) mass is 486 g/mol. The van der Waals surface area contributed by atoms with E-state index >= 15 is 0 Å². The summed E-state index contributed by atoms with van der Waals surface area (Å²) in [4.78, 5) is 47.1. The number of unbranched alkanes of at least 4 members (excludes halogenated alkanes) is 1. The molecule has 198 valence electrons. The van der Waals surface area contributed by atoms with Gasteiger partial charge in [-0.05, 0) is 25.2 Å². The lowest BCUT2D eigenvalue weighted by Crippen LogP contribution is -2.55. The Kier molecular flexibility index (Phi) is 16.4. The Morgan fingerprint density at radius 2 is 1.56 bits per heavy atom. The molecule has 0 bridgehead atoms. The molecule has 0 aromatic rings. The molecule has 0 aliphatic rings. The molecule has 10 heteroatoms. The maximum Gasteiger partial charge on any atom is 0.303 e. The number of aliphatic hydroxyl groups is 1. The smallest absolute Gasteiger partial charge is 0.303 e. The number of amides is 2. The highest BCUT2D eigenvalue weighted by atomic mass is 16.4. The molecular formula is C24H46N4O6. The number of Topliss-reactive ketones (excluding diaryl/α,β-unsaturated/α-hetero) is 1. The van der Waals surface area contributed by atoms with Gasteiger partial charge >= 0.3 is 5.97 Å². The highest BCUT2D eigenvalue weighted by Gasteiger charge is 2.26. The summed E-state index contributed by atoms with van der Waals surface area (Å²) in [5.74, 6) is -1.82. The molecule has 0 heterocycles. The van der Waals surface area contributed by atoms with Gasteiger partial charge in [-0.25, -0.2) is 0 Å². The molecule has 10 nitrogen and oxygen atoms in total. The standard InChI is InChI=1S/C24H46N4O6/c1-7-17(6)22(27-16(4)5)24(34)26-14-20(30)28-18(23(33)15(2)3)10-8-9-13-25-19(29)11-12-21(31)32/h15-18,22,24,26-27,34H,7-14H2,1-6H3,(H,25,29)(H,28,30)(H,31,32)/t17?,18-,22-,24?/m0/s1. The fourth-order valence-corrected chi connectivity index (χ4v) is 3.47. The number of hydrogen-bond acceptors (Lipinski definition) is 7. The Labute approximate surface area is 204 Å². The number of carboxylic acids is 1. The number of nitrogens with one attached hydrogen (secondary N) is 4. The van der Waals surface area contributed by atoms with E-state index in [1.54, 1.807) is 13.8 Å². The van der Waals surface area contributed by atoms with Gasteiger partial charge in [0, 0.05) is 31.0 Å². The van der Waals surface area contributed by atoms with Crippen LogP contribution in [0.15, 0.2) is 0 Å². The number of rotatable bonds is 19. The van der Waals surface area contributed by atoms with Gasteiger partial charge in [0.05, 0.1) is 19.0 Å². The van der Waals surface area contributed by atoms with E-state index in [4.69, 9.17) is 5.11 Å². The van der Waals surface area contributed by atoms with Crippen molar-refractivity contribution in [2.75, 3.05) is 13.1 Å². The van der Waals surface area contributed by atoms with Crippen molar-refractivity contribution >= 4 is 23.6 Å². The molecule has 0 saturated carbocycles. The van der Waals surface area contributed by atoms with Crippen LogP contribution in [0.3, 0.4) is 0 Å². The van der Waals surface area contributed by atoms with Crippen molar-refractivity contribution in [1.82, 2.24) is 21.3 Å². The minimum atomic E-state index is -1.02. The maximum absolute atomic E-state index is 12.6. The summed E-state index contributed by atoms with van der Waals surface area (Å²) in [6, 6.07) is -0.677. The van der Waals surface area contributed by atoms with Crippen LogP contribution in [0.2, 0.25) is 0 Å². The molecule has 0 radical (unpaired) electrons. The van der Waals surface area contributed by atoms with Gasteiger partial charge in [-0.3, -0.25) is 24.5 Å². The van der Waals surface area contributed by atoms with Gasteiger partial charge in [0.15, 0.2) is 5.78 Å². The van der Waals surface area contributed by atoms with Crippen LogP contribution in [0.25, 0.3) is 0 Å². The Morgan fingerprint density at radius 1 is 0.912 bits per heavy atom. The first kappa shape index (κ1) is 32.0. The van der Waals surface area contributed by atoms with E-state index in [0.717, 1.165) is 6.42 Å². The average Bonchev–Trinajstić information content (AvgIpc) is 2.77. The summed E-state index contributed by atoms with van der Waals surface area (Å²) in [6.45, 7) is 11.9. The van der Waals surface area contributed by atoms with Crippen LogP contribution in [0.5, 0.6) is 0 Å². The van der Waals surface area contributed by atoms with Crippen LogP contribution in [0, 0.1) is 11.8 Å². The van der Waals surface area contributed by atoms with Crippen LogP contribution < -0.4 is 21.3 Å². The largest absolute Gasteiger partial charge is 0.481 e. The third-order valence-corrected chi connectivity index (χ3v) is 5.65. The number of carbonyl (C=O) groups is 4. The molecule has 0 aliphatic carbocycles. The summed E-state index contributed by atoms with van der Waals surface area (Å²) >= 11 is 0. The number of ketones is 1. The molecule has 0 rings (SSSR count). The predicted molar refractivity (Wildman–Crippen MR) is 131 cm³/mol. The zero-order valence-corrected chi connectivity index (χ0v) is 21.6. The normalized spacial score (nSPS) is 15.0. The highest BCUT2D eigenvalue weighted by molar-refractivity contribution is 5.90. The third-order valence-electron chi connectivity index (χ3n) is 5.65. The number of aliphatic carboxylic acids is 1. The number of hydrogen-bond donors (Lipinski definition) is 6. The Balaban J connectivity index is 4.65. The van der Waals surface area contributed by atoms with Gasteiger partial charge in [0.2, 0.25) is 11.8 Å². The maximum atomic E-state index is 12.6. The molecule has 0 spiro atoms. The van der Waals surface area contributed by atoms with Crippen molar-refractivity contribution in [3.8, 4) is 0 Å². The highest BCUT2D eigenvalue weighted by Crippen LogP contribution is 2.12. The number of carboxylic acid groups (broad SMARTS) is 1. The first-order chi connectivity index (χ1) is 15.9. The molecule has 2 unspecified atom stereocenters. The first-order valence-electron chi connectivity index (χ1n) is 12.4. The zero-order valence-electron chi connectivity index (χ0n) is 21.6. The van der Waals surface area contributed by atoms with E-state index in [2.05, 4.69) is 21.3 Å². The average molecular weight is 487 g/mol. The predicted octanol–water partition coefficient (Wildman–Crippen LogP) is 1.17. The molecule has 34 heavy (non-hydrogen) atoms. The quantitative estimate of drug-likeness (QED) is 0.117. The Hall–Kier alpha value is -2.04. The third kappa shape index (κ3) is 14.3. The lowest BCUT2D eigenvalue weighted by Gasteiger charge is -2.31. The van der Waals surface area contributed by atoms with Crippen LogP contribution in [-0.2, 0) is 19.2 Å². The fraction of sp³-hybridized carbons (Fsp3) is 0.833. The second-order valence-corrected chi connectivity index (χ2v) is 9.48. The topological polar surface area (TPSA) is 157 Å². The van der Waals surface area contributed by atoms with E-state index in [-0.39, 0.29) is 60.9 Å². The summed E-state index contributed by atoms with van der Waals surface area (Å²) < 4.78 is 0. The van der Waals surface area contributed by atoms with Gasteiger partial charge < -0.3 is 26.2 Å². The minimum absolute atomic E-state index is 0.0662. The first-order valence-corrected chi connectivity index (χ1v) is 12.4. The fourth-order valence-electron chi connectivity index (χ4n) is 3.47. The molecule has 0 aliphatic heterocycles. The van der Waals surface area contributed by atoms with Crippen LogP contribution in [-0.4, -0.2) is 71.2 Å². The summed E-state index contributed by atoms with van der Waals surface area (Å²) in [6.07, 6.45) is 1.33. The van der Waals surface area contributed by atoms with E-state index < -0.39 is 18.2 Å². The molecule has 0 aromatic carbocycles. The van der Waals surface area contributed by atoms with E-state index in [9.17, 15) is 24.3 Å². The van der Waals surface area contributed by atoms with Gasteiger partial charge in [-0.15, -0.1) is 0 Å². The summed E-state index contributed by atoms with van der Waals surface area (Å²) in [7, 11) is 0. The van der Waals surface area contributed by atoms with Gasteiger partial charge in [-0.2, -0.15) is 0 Å². The zero-order chi connectivity index (χ0) is 26.3. The van der Waals surface area contributed by atoms with Crippen molar-refractivity contribution in [2.45, 2.75) is 104 Å². The van der Waals surface area contributed by atoms with Crippen LogP contribution in [0.1, 0.15) is 80.1 Å². The van der Waals surface area contributed by atoms with Crippen molar-refractivity contribution in [2.24, 2.45) is 11.8 Å². The molecular weight excluding hydrogens is 440 g/mol. The van der Waals surface area contributed by atoms with E-state index in [1.165, 1.54) is 0 Å². The SMILES string of the molecule is CCC(C)[C@H](NC(C)C)C(O)NCC(=O)N[C@@H](CCCCNC(=O)CCC(=O)O)C(=O)C(C)C. The van der Waals surface area contributed by atoms with Crippen molar-refractivity contribution in [3.05, 3.63) is 0 Å². The lowest BCUT2D eigenvalue weighted by atomic mass is 9.96. The van der Waals surface area contributed by atoms with E-state index in [0.29, 0.717) is 25.8 Å².